The standard InChI is InChI=1S/C13H12ClNO2/c14-10-3-5-11(6-4-10)15-13(16)8-7-12-2-1-9-17-12/h1-6,9H,7-8H2,(H,15,16). The normalized spacial score (nSPS) is 10.2. The number of furan rings is 1. The molecule has 0 aliphatic heterocycles. The number of carbonyl (C=O) groups is 1. The molecule has 0 unspecified atom stereocenters. The molecule has 4 heteroatoms. The second-order valence-electron chi connectivity index (χ2n) is 3.63. The summed E-state index contributed by atoms with van der Waals surface area (Å²) < 4.78 is 5.15. The summed E-state index contributed by atoms with van der Waals surface area (Å²) in [5.41, 5.74) is 0.749. The minimum Gasteiger partial charge on any atom is -0.469 e. The van der Waals surface area contributed by atoms with Gasteiger partial charge in [-0.05, 0) is 36.4 Å². The fourth-order valence-corrected chi connectivity index (χ4v) is 1.57. The number of benzene rings is 1. The molecule has 1 heterocycles. The van der Waals surface area contributed by atoms with Crippen LogP contribution in [0.25, 0.3) is 0 Å². The molecule has 3 nitrogen and oxygen atoms in total. The summed E-state index contributed by atoms with van der Waals surface area (Å²) in [5, 5.41) is 3.44. The third-order valence-corrected chi connectivity index (χ3v) is 2.56. The first kappa shape index (κ1) is 11.7. The highest BCUT2D eigenvalue weighted by atomic mass is 35.5. The van der Waals surface area contributed by atoms with Gasteiger partial charge in [-0.3, -0.25) is 4.79 Å². The topological polar surface area (TPSA) is 42.2 Å². The molecule has 1 amide bonds. The van der Waals surface area contributed by atoms with E-state index in [0.29, 0.717) is 17.9 Å². The second-order valence-corrected chi connectivity index (χ2v) is 4.07. The van der Waals surface area contributed by atoms with E-state index in [9.17, 15) is 4.79 Å². The van der Waals surface area contributed by atoms with Crippen molar-refractivity contribution in [2.75, 3.05) is 5.32 Å². The Hall–Kier alpha value is -1.74. The quantitative estimate of drug-likeness (QED) is 0.901. The predicted octanol–water partition coefficient (Wildman–Crippen LogP) is 3.50. The first-order valence-corrected chi connectivity index (χ1v) is 5.69. The third-order valence-electron chi connectivity index (χ3n) is 2.31. The molecule has 1 aromatic carbocycles. The van der Waals surface area contributed by atoms with Gasteiger partial charge in [0.2, 0.25) is 5.91 Å². The van der Waals surface area contributed by atoms with Crippen molar-refractivity contribution >= 4 is 23.2 Å². The Morgan fingerprint density at radius 2 is 2.00 bits per heavy atom. The molecule has 0 saturated carbocycles. The minimum atomic E-state index is -0.0382. The maximum atomic E-state index is 11.6. The molecule has 0 saturated heterocycles. The Kier molecular flexibility index (Phi) is 3.83. The summed E-state index contributed by atoms with van der Waals surface area (Å²) in [6.07, 6.45) is 2.61. The van der Waals surface area contributed by atoms with Crippen molar-refractivity contribution in [3.8, 4) is 0 Å². The molecule has 2 aromatic rings. The van der Waals surface area contributed by atoms with Crippen LogP contribution in [0.1, 0.15) is 12.2 Å². The number of nitrogens with one attached hydrogen (secondary N) is 1. The third kappa shape index (κ3) is 3.64. The number of halogens is 1. The van der Waals surface area contributed by atoms with E-state index in [4.69, 9.17) is 16.0 Å². The SMILES string of the molecule is O=C(CCc1ccco1)Nc1ccc(Cl)cc1. The van der Waals surface area contributed by atoms with E-state index in [2.05, 4.69) is 5.32 Å². The molecule has 2 rings (SSSR count). The fraction of sp³-hybridized carbons (Fsp3) is 0.154. The molecule has 0 aliphatic carbocycles. The highest BCUT2D eigenvalue weighted by Crippen LogP contribution is 2.14. The Morgan fingerprint density at radius 1 is 1.24 bits per heavy atom. The number of hydrogen-bond acceptors (Lipinski definition) is 2. The molecule has 0 spiro atoms. The molecule has 0 radical (unpaired) electrons. The van der Waals surface area contributed by atoms with Gasteiger partial charge in [-0.25, -0.2) is 0 Å². The van der Waals surface area contributed by atoms with Gasteiger partial charge in [0.1, 0.15) is 5.76 Å². The van der Waals surface area contributed by atoms with E-state index in [1.165, 1.54) is 0 Å². The first-order valence-electron chi connectivity index (χ1n) is 5.32. The molecule has 0 fully saturated rings. The van der Waals surface area contributed by atoms with E-state index < -0.39 is 0 Å². The van der Waals surface area contributed by atoms with Gasteiger partial charge in [-0.15, -0.1) is 0 Å². The fourth-order valence-electron chi connectivity index (χ4n) is 1.45. The summed E-state index contributed by atoms with van der Waals surface area (Å²) >= 11 is 5.75. The largest absolute Gasteiger partial charge is 0.469 e. The van der Waals surface area contributed by atoms with Crippen LogP contribution in [0.15, 0.2) is 47.1 Å². The second kappa shape index (κ2) is 5.55. The van der Waals surface area contributed by atoms with Gasteiger partial charge in [0.25, 0.3) is 0 Å². The highest BCUT2D eigenvalue weighted by molar-refractivity contribution is 6.30. The zero-order valence-electron chi connectivity index (χ0n) is 9.15. The smallest absolute Gasteiger partial charge is 0.224 e. The number of carbonyl (C=O) groups excluding carboxylic acids is 1. The van der Waals surface area contributed by atoms with Crippen molar-refractivity contribution in [1.82, 2.24) is 0 Å². The van der Waals surface area contributed by atoms with Gasteiger partial charge in [-0.2, -0.15) is 0 Å². The summed E-state index contributed by atoms with van der Waals surface area (Å²) in [4.78, 5) is 11.6. The Labute approximate surface area is 104 Å². The monoisotopic (exact) mass is 249 g/mol. The summed E-state index contributed by atoms with van der Waals surface area (Å²) in [6, 6.07) is 10.7. The van der Waals surface area contributed by atoms with E-state index in [0.717, 1.165) is 11.4 Å². The average Bonchev–Trinajstić information content (AvgIpc) is 2.83. The predicted molar refractivity (Wildman–Crippen MR) is 67.1 cm³/mol. The summed E-state index contributed by atoms with van der Waals surface area (Å²) in [5.74, 6) is 0.778. The van der Waals surface area contributed by atoms with Crippen LogP contribution >= 0.6 is 11.6 Å². The number of hydrogen-bond donors (Lipinski definition) is 1. The van der Waals surface area contributed by atoms with Crippen molar-refractivity contribution in [3.63, 3.8) is 0 Å². The molecule has 0 bridgehead atoms. The van der Waals surface area contributed by atoms with Gasteiger partial charge in [0.15, 0.2) is 0 Å². The Morgan fingerprint density at radius 3 is 2.65 bits per heavy atom. The molecule has 88 valence electrons. The minimum absolute atomic E-state index is 0.0382. The number of aryl methyl sites for hydroxylation is 1. The summed E-state index contributed by atoms with van der Waals surface area (Å²) in [6.45, 7) is 0. The molecule has 0 aliphatic rings. The summed E-state index contributed by atoms with van der Waals surface area (Å²) in [7, 11) is 0. The van der Waals surface area contributed by atoms with Crippen LogP contribution in [0.4, 0.5) is 5.69 Å². The van der Waals surface area contributed by atoms with Crippen LogP contribution in [0.2, 0.25) is 5.02 Å². The van der Waals surface area contributed by atoms with Gasteiger partial charge >= 0.3 is 0 Å². The number of amides is 1. The maximum Gasteiger partial charge on any atom is 0.224 e. The number of rotatable bonds is 4. The molecule has 1 aromatic heterocycles. The van der Waals surface area contributed by atoms with Crippen LogP contribution in [0.3, 0.4) is 0 Å². The van der Waals surface area contributed by atoms with Crippen LogP contribution in [-0.2, 0) is 11.2 Å². The Bertz CT molecular complexity index is 477. The van der Waals surface area contributed by atoms with Crippen LogP contribution < -0.4 is 5.32 Å². The average molecular weight is 250 g/mol. The van der Waals surface area contributed by atoms with E-state index in [1.54, 1.807) is 30.5 Å². The van der Waals surface area contributed by atoms with Gasteiger partial charge in [-0.1, -0.05) is 11.6 Å². The molecule has 0 atom stereocenters. The van der Waals surface area contributed by atoms with Crippen LogP contribution in [0.5, 0.6) is 0 Å². The van der Waals surface area contributed by atoms with Crippen LogP contribution in [0, 0.1) is 0 Å². The molecular weight excluding hydrogens is 238 g/mol. The van der Waals surface area contributed by atoms with Crippen LogP contribution in [-0.4, -0.2) is 5.91 Å². The van der Waals surface area contributed by atoms with Crippen molar-refractivity contribution in [2.45, 2.75) is 12.8 Å². The van der Waals surface area contributed by atoms with E-state index >= 15 is 0 Å². The molecule has 17 heavy (non-hydrogen) atoms. The van der Waals surface area contributed by atoms with Gasteiger partial charge < -0.3 is 9.73 Å². The van der Waals surface area contributed by atoms with Crippen molar-refractivity contribution in [1.29, 1.82) is 0 Å². The maximum absolute atomic E-state index is 11.6. The highest BCUT2D eigenvalue weighted by Gasteiger charge is 2.04. The Balaban J connectivity index is 1.83. The lowest BCUT2D eigenvalue weighted by Crippen LogP contribution is -2.11. The molecule has 1 N–H and O–H groups in total. The lowest BCUT2D eigenvalue weighted by Gasteiger charge is -2.04. The van der Waals surface area contributed by atoms with Crippen molar-refractivity contribution < 1.29 is 9.21 Å². The van der Waals surface area contributed by atoms with Gasteiger partial charge in [0.05, 0.1) is 6.26 Å². The van der Waals surface area contributed by atoms with E-state index in [-0.39, 0.29) is 5.91 Å². The van der Waals surface area contributed by atoms with E-state index in [1.807, 2.05) is 12.1 Å². The number of anilines is 1. The first-order chi connectivity index (χ1) is 8.24. The van der Waals surface area contributed by atoms with Crippen molar-refractivity contribution in [2.24, 2.45) is 0 Å². The zero-order chi connectivity index (χ0) is 12.1. The van der Waals surface area contributed by atoms with Gasteiger partial charge in [0, 0.05) is 23.6 Å². The molecular formula is C13H12ClNO2. The zero-order valence-corrected chi connectivity index (χ0v) is 9.91. The lowest BCUT2D eigenvalue weighted by atomic mass is 10.2. The van der Waals surface area contributed by atoms with Crippen molar-refractivity contribution in [3.05, 3.63) is 53.4 Å². The lowest BCUT2D eigenvalue weighted by molar-refractivity contribution is -0.116.